The summed E-state index contributed by atoms with van der Waals surface area (Å²) < 4.78 is 32.9. The quantitative estimate of drug-likeness (QED) is 0.311. The summed E-state index contributed by atoms with van der Waals surface area (Å²) in [6, 6.07) is 14.5. The molecule has 0 aliphatic carbocycles. The van der Waals surface area contributed by atoms with E-state index in [9.17, 15) is 8.42 Å². The highest BCUT2D eigenvalue weighted by molar-refractivity contribution is 7.89. The lowest BCUT2D eigenvalue weighted by atomic mass is 10.2. The number of hydrogen-bond acceptors (Lipinski definition) is 7. The molecule has 0 saturated heterocycles. The van der Waals surface area contributed by atoms with E-state index < -0.39 is 10.0 Å². The molecule has 0 atom stereocenters. The van der Waals surface area contributed by atoms with Gasteiger partial charge in [-0.3, -0.25) is 5.43 Å². The summed E-state index contributed by atoms with van der Waals surface area (Å²) in [6.45, 7) is 4.99. The lowest BCUT2D eigenvalue weighted by molar-refractivity contribution is 0.410. The Balaban J connectivity index is 1.73. The molecule has 7 nitrogen and oxygen atoms in total. The Morgan fingerprint density at radius 1 is 1.12 bits per heavy atom. The lowest BCUT2D eigenvalue weighted by Crippen LogP contribution is -2.32. The van der Waals surface area contributed by atoms with Crippen molar-refractivity contribution in [1.29, 1.82) is 0 Å². The first kappa shape index (κ1) is 23.9. The van der Waals surface area contributed by atoms with Gasteiger partial charge in [-0.05, 0) is 54.8 Å². The normalized spacial score (nSPS) is 11.9. The van der Waals surface area contributed by atoms with E-state index in [0.717, 1.165) is 29.7 Å². The Morgan fingerprint density at radius 3 is 2.50 bits per heavy atom. The van der Waals surface area contributed by atoms with Crippen molar-refractivity contribution in [2.24, 2.45) is 5.10 Å². The van der Waals surface area contributed by atoms with Crippen molar-refractivity contribution < 1.29 is 13.2 Å². The number of methoxy groups -OCH3 is 1. The van der Waals surface area contributed by atoms with Crippen LogP contribution in [0.5, 0.6) is 5.75 Å². The van der Waals surface area contributed by atoms with Crippen LogP contribution < -0.4 is 10.2 Å². The zero-order valence-corrected chi connectivity index (χ0v) is 20.1. The first-order chi connectivity index (χ1) is 15.5. The molecule has 1 heterocycles. The number of anilines is 1. The molecule has 1 N–H and O–H groups in total. The Morgan fingerprint density at radius 2 is 1.84 bits per heavy atom. The van der Waals surface area contributed by atoms with E-state index >= 15 is 0 Å². The van der Waals surface area contributed by atoms with E-state index in [4.69, 9.17) is 4.74 Å². The number of thiazole rings is 1. The van der Waals surface area contributed by atoms with Crippen LogP contribution in [0.15, 0.2) is 63.9 Å². The topological polar surface area (TPSA) is 83.9 Å². The van der Waals surface area contributed by atoms with Crippen molar-refractivity contribution >= 4 is 32.7 Å². The van der Waals surface area contributed by atoms with Crippen LogP contribution in [0.3, 0.4) is 0 Å². The van der Waals surface area contributed by atoms with Crippen molar-refractivity contribution in [1.82, 2.24) is 9.29 Å². The molecule has 3 rings (SSSR count). The van der Waals surface area contributed by atoms with Crippen LogP contribution >= 0.6 is 11.3 Å². The number of hydrogen-bond donors (Lipinski definition) is 1. The zero-order valence-electron chi connectivity index (χ0n) is 18.5. The molecule has 0 spiro atoms. The fraction of sp³-hybridized carbons (Fsp3) is 0.304. The Labute approximate surface area is 193 Å². The van der Waals surface area contributed by atoms with Gasteiger partial charge in [0.25, 0.3) is 0 Å². The van der Waals surface area contributed by atoms with Gasteiger partial charge < -0.3 is 4.74 Å². The highest BCUT2D eigenvalue weighted by atomic mass is 32.2. The van der Waals surface area contributed by atoms with Crippen molar-refractivity contribution in [3.05, 3.63) is 59.5 Å². The number of nitrogens with zero attached hydrogens (tertiary/aromatic N) is 3. The summed E-state index contributed by atoms with van der Waals surface area (Å²) in [5.74, 6) is 0.788. The number of aromatic nitrogens is 1. The zero-order chi connectivity index (χ0) is 23.0. The third-order valence-corrected chi connectivity index (χ3v) is 7.35. The number of nitrogens with one attached hydrogen (secondary N) is 1. The fourth-order valence-corrected chi connectivity index (χ4v) is 5.46. The van der Waals surface area contributed by atoms with Gasteiger partial charge in [0.1, 0.15) is 5.75 Å². The van der Waals surface area contributed by atoms with Gasteiger partial charge in [-0.15, -0.1) is 11.3 Å². The summed E-state index contributed by atoms with van der Waals surface area (Å²) in [7, 11) is -1.91. The molecule has 3 aromatic rings. The lowest BCUT2D eigenvalue weighted by Gasteiger charge is -2.21. The van der Waals surface area contributed by atoms with Crippen LogP contribution in [0.2, 0.25) is 0 Å². The van der Waals surface area contributed by atoms with Crippen molar-refractivity contribution in [2.45, 2.75) is 31.6 Å². The molecule has 1 aromatic heterocycles. The van der Waals surface area contributed by atoms with Gasteiger partial charge in [-0.1, -0.05) is 26.0 Å². The van der Waals surface area contributed by atoms with E-state index in [-0.39, 0.29) is 4.90 Å². The number of hydrazone groups is 1. The predicted octanol–water partition coefficient (Wildman–Crippen LogP) is 5.08. The minimum atomic E-state index is -3.54. The molecule has 0 amide bonds. The maximum Gasteiger partial charge on any atom is 0.243 e. The van der Waals surface area contributed by atoms with E-state index in [2.05, 4.69) is 15.5 Å². The van der Waals surface area contributed by atoms with Crippen molar-refractivity contribution in [3.63, 3.8) is 0 Å². The molecular formula is C23H28N4O3S2. The minimum absolute atomic E-state index is 0.289. The highest BCUT2D eigenvalue weighted by Crippen LogP contribution is 2.28. The van der Waals surface area contributed by atoms with E-state index in [0.29, 0.717) is 23.9 Å². The van der Waals surface area contributed by atoms with Crippen LogP contribution in [-0.2, 0) is 10.0 Å². The fourth-order valence-electron chi connectivity index (χ4n) is 3.13. The second-order valence-corrected chi connectivity index (χ2v) is 9.91. The molecule has 0 unspecified atom stereocenters. The summed E-state index contributed by atoms with van der Waals surface area (Å²) in [5.41, 5.74) is 5.31. The van der Waals surface area contributed by atoms with Gasteiger partial charge in [-0.25, -0.2) is 13.4 Å². The van der Waals surface area contributed by atoms with Crippen LogP contribution in [0.25, 0.3) is 11.3 Å². The van der Waals surface area contributed by atoms with Gasteiger partial charge in [0.05, 0.1) is 23.9 Å². The van der Waals surface area contributed by atoms with E-state index in [1.165, 1.54) is 11.3 Å². The van der Waals surface area contributed by atoms with Crippen LogP contribution in [0.4, 0.5) is 5.13 Å². The molecule has 0 aliphatic rings. The van der Waals surface area contributed by atoms with Gasteiger partial charge in [0, 0.05) is 24.0 Å². The average molecular weight is 473 g/mol. The van der Waals surface area contributed by atoms with Crippen LogP contribution in [0, 0.1) is 0 Å². The molecule has 9 heteroatoms. The summed E-state index contributed by atoms with van der Waals surface area (Å²) in [4.78, 5) is 4.83. The van der Waals surface area contributed by atoms with Gasteiger partial charge >= 0.3 is 0 Å². The van der Waals surface area contributed by atoms with Crippen molar-refractivity contribution in [3.8, 4) is 17.0 Å². The summed E-state index contributed by atoms with van der Waals surface area (Å²) in [5, 5.41) is 6.73. The maximum atomic E-state index is 13.1. The number of ether oxygens (including phenoxy) is 1. The largest absolute Gasteiger partial charge is 0.497 e. The predicted molar refractivity (Wildman–Crippen MR) is 131 cm³/mol. The Bertz CT molecular complexity index is 1140. The first-order valence-electron chi connectivity index (χ1n) is 10.5. The SMILES string of the molecule is CCCN(CCC)S(=O)(=O)c1cccc(-c2csc(NN=Cc3ccc(OC)cc3)n2)c1. The number of sulfonamides is 1. The molecule has 170 valence electrons. The molecule has 0 fully saturated rings. The van der Waals surface area contributed by atoms with Gasteiger partial charge in [0.2, 0.25) is 15.2 Å². The Hall–Kier alpha value is -2.75. The average Bonchev–Trinajstić information content (AvgIpc) is 3.28. The highest BCUT2D eigenvalue weighted by Gasteiger charge is 2.23. The van der Waals surface area contributed by atoms with E-state index in [1.807, 2.05) is 49.6 Å². The minimum Gasteiger partial charge on any atom is -0.497 e. The second-order valence-electron chi connectivity index (χ2n) is 7.11. The molecule has 2 aromatic carbocycles. The Kier molecular flexibility index (Phi) is 8.38. The van der Waals surface area contributed by atoms with Crippen molar-refractivity contribution in [2.75, 3.05) is 25.6 Å². The summed E-state index contributed by atoms with van der Waals surface area (Å²) >= 11 is 1.41. The monoisotopic (exact) mass is 472 g/mol. The molecule has 0 bridgehead atoms. The molecule has 0 aliphatic heterocycles. The standard InChI is InChI=1S/C23H28N4O3S2/c1-4-13-27(14-5-2)32(28,29)21-8-6-7-19(15-21)22-17-31-23(25-22)26-24-16-18-9-11-20(30-3)12-10-18/h6-12,15-17H,4-5,13-14H2,1-3H3,(H,25,26). The summed E-state index contributed by atoms with van der Waals surface area (Å²) in [6.07, 6.45) is 3.25. The maximum absolute atomic E-state index is 13.1. The van der Waals surface area contributed by atoms with Gasteiger partial charge in [-0.2, -0.15) is 9.41 Å². The van der Waals surface area contributed by atoms with Crippen LogP contribution in [-0.4, -0.2) is 44.1 Å². The smallest absolute Gasteiger partial charge is 0.243 e. The van der Waals surface area contributed by atoms with Crippen LogP contribution in [0.1, 0.15) is 32.3 Å². The van der Waals surface area contributed by atoms with Gasteiger partial charge in [0.15, 0.2) is 0 Å². The third kappa shape index (κ3) is 5.93. The number of rotatable bonds is 11. The van der Waals surface area contributed by atoms with E-state index in [1.54, 1.807) is 35.8 Å². The molecular weight excluding hydrogens is 444 g/mol. The molecule has 0 radical (unpaired) electrons. The molecule has 32 heavy (non-hydrogen) atoms. The molecule has 0 saturated carbocycles. The second kappa shape index (κ2) is 11.2. The number of benzene rings is 2. The third-order valence-electron chi connectivity index (χ3n) is 4.71. The first-order valence-corrected chi connectivity index (χ1v) is 12.8.